The zero-order valence-corrected chi connectivity index (χ0v) is 14.6. The lowest BCUT2D eigenvalue weighted by Gasteiger charge is -2.05. The molecule has 0 fully saturated rings. The summed E-state index contributed by atoms with van der Waals surface area (Å²) in [5.41, 5.74) is 2.08. The first-order valence-corrected chi connectivity index (χ1v) is 7.93. The van der Waals surface area contributed by atoms with Crippen molar-refractivity contribution in [1.29, 1.82) is 0 Å². The minimum absolute atomic E-state index is 0.0641. The normalized spacial score (nSPS) is 11.7. The molecule has 0 unspecified atom stereocenters. The lowest BCUT2D eigenvalue weighted by atomic mass is 10.1. The number of phenolic OH excluding ortho intramolecular Hbond substituents is 1. The van der Waals surface area contributed by atoms with E-state index in [0.29, 0.717) is 21.2 Å². The summed E-state index contributed by atoms with van der Waals surface area (Å²) in [5.74, 6) is 0.210. The van der Waals surface area contributed by atoms with E-state index in [2.05, 4.69) is 11.7 Å². The molecule has 1 heterocycles. The molecule has 0 atom stereocenters. The van der Waals surface area contributed by atoms with Gasteiger partial charge in [0.1, 0.15) is 0 Å². The Kier molecular flexibility index (Phi) is 4.42. The summed E-state index contributed by atoms with van der Waals surface area (Å²) in [6, 6.07) is 10.5. The van der Waals surface area contributed by atoms with E-state index in [1.807, 2.05) is 31.2 Å². The molecule has 3 aromatic rings. The molecule has 2 N–H and O–H groups in total. The van der Waals surface area contributed by atoms with Gasteiger partial charge in [0.2, 0.25) is 0 Å². The van der Waals surface area contributed by atoms with E-state index in [4.69, 9.17) is 16.3 Å². The number of aryl methyl sites for hydroxylation is 1. The van der Waals surface area contributed by atoms with Crippen molar-refractivity contribution in [2.24, 2.45) is 0 Å². The Labute approximate surface area is 149 Å². The van der Waals surface area contributed by atoms with Gasteiger partial charge in [-0.1, -0.05) is 30.3 Å². The summed E-state index contributed by atoms with van der Waals surface area (Å²) in [6.07, 6.45) is 1.62. The number of phenols is 1. The van der Waals surface area contributed by atoms with Crippen LogP contribution in [0.2, 0.25) is 5.02 Å². The third-order valence-corrected chi connectivity index (χ3v) is 4.19. The lowest BCUT2D eigenvalue weighted by Crippen LogP contribution is -2.34. The van der Waals surface area contributed by atoms with Crippen LogP contribution in [0.15, 0.2) is 41.2 Å². The van der Waals surface area contributed by atoms with Crippen LogP contribution in [-0.4, -0.2) is 22.0 Å². The van der Waals surface area contributed by atoms with E-state index < -0.39 is 0 Å². The number of aromatic nitrogens is 2. The van der Waals surface area contributed by atoms with Crippen molar-refractivity contribution in [2.75, 3.05) is 7.11 Å². The summed E-state index contributed by atoms with van der Waals surface area (Å²) in [6.45, 7) is 5.86. The molecule has 0 aliphatic rings. The summed E-state index contributed by atoms with van der Waals surface area (Å²) in [5, 5.41) is 13.9. The molecule has 25 heavy (non-hydrogen) atoms. The average Bonchev–Trinajstić information content (AvgIpc) is 2.85. The molecular formula is C19H17ClN2O3. The number of hydrogen-bond donors (Lipinski definition) is 2. The number of aromatic hydroxyl groups is 1. The molecule has 128 valence electrons. The maximum Gasteiger partial charge on any atom is 0.279 e. The molecule has 0 saturated heterocycles. The van der Waals surface area contributed by atoms with E-state index in [9.17, 15) is 9.90 Å². The number of aromatic amines is 1. The van der Waals surface area contributed by atoms with Crippen LogP contribution in [0.25, 0.3) is 18.3 Å². The number of benzene rings is 2. The zero-order valence-electron chi connectivity index (χ0n) is 13.8. The highest BCUT2D eigenvalue weighted by Gasteiger charge is 2.09. The second kappa shape index (κ2) is 6.53. The maximum atomic E-state index is 12.8. The van der Waals surface area contributed by atoms with E-state index in [1.54, 1.807) is 12.1 Å². The molecule has 1 aromatic heterocycles. The Morgan fingerprint density at radius 2 is 2.08 bits per heavy atom. The molecule has 6 heteroatoms. The fourth-order valence-electron chi connectivity index (χ4n) is 2.58. The van der Waals surface area contributed by atoms with Crippen molar-refractivity contribution in [3.05, 3.63) is 73.5 Å². The van der Waals surface area contributed by atoms with Gasteiger partial charge in [0, 0.05) is 6.07 Å². The van der Waals surface area contributed by atoms with Crippen molar-refractivity contribution in [3.8, 4) is 17.2 Å². The summed E-state index contributed by atoms with van der Waals surface area (Å²) in [7, 11) is 1.44. The number of ether oxygens (including phenoxy) is 1. The highest BCUT2D eigenvalue weighted by atomic mass is 35.5. The molecule has 0 amide bonds. The predicted octanol–water partition coefficient (Wildman–Crippen LogP) is 2.08. The second-order valence-electron chi connectivity index (χ2n) is 5.67. The SMILES string of the molecule is C=c1[nH]n(-c2cccc(C)c2)c(=O)c1=Cc1cc(OC)c(O)cc1Cl. The first-order valence-electron chi connectivity index (χ1n) is 7.56. The van der Waals surface area contributed by atoms with Gasteiger partial charge in [0.05, 0.1) is 28.4 Å². The molecule has 0 aliphatic carbocycles. The highest BCUT2D eigenvalue weighted by molar-refractivity contribution is 6.32. The van der Waals surface area contributed by atoms with Crippen LogP contribution in [0.4, 0.5) is 0 Å². The molecule has 0 spiro atoms. The Balaban J connectivity index is 2.22. The van der Waals surface area contributed by atoms with Gasteiger partial charge >= 0.3 is 0 Å². The first-order chi connectivity index (χ1) is 11.9. The quantitative estimate of drug-likeness (QED) is 0.755. The third kappa shape index (κ3) is 3.19. The Hall–Kier alpha value is -2.92. The van der Waals surface area contributed by atoms with E-state index in [-0.39, 0.29) is 17.1 Å². The smallest absolute Gasteiger partial charge is 0.279 e. The van der Waals surface area contributed by atoms with Crippen molar-refractivity contribution < 1.29 is 9.84 Å². The van der Waals surface area contributed by atoms with Crippen molar-refractivity contribution in [1.82, 2.24) is 9.78 Å². The number of nitrogens with one attached hydrogen (secondary N) is 1. The standard InChI is InChI=1S/C19H17ClN2O3/c1-11-5-4-6-14(7-11)22-19(24)15(12(2)21-22)8-13-9-18(25-3)17(23)10-16(13)20/h4-10,21,23H,2H2,1,3H3. The molecule has 0 radical (unpaired) electrons. The topological polar surface area (TPSA) is 67.2 Å². The largest absolute Gasteiger partial charge is 0.504 e. The number of nitrogens with zero attached hydrogens (tertiary/aromatic N) is 1. The number of hydrogen-bond acceptors (Lipinski definition) is 3. The minimum atomic E-state index is -0.237. The van der Waals surface area contributed by atoms with Crippen LogP contribution in [-0.2, 0) is 0 Å². The molecule has 0 aliphatic heterocycles. The fourth-order valence-corrected chi connectivity index (χ4v) is 2.79. The van der Waals surface area contributed by atoms with Crippen LogP contribution in [0.5, 0.6) is 11.5 Å². The Morgan fingerprint density at radius 1 is 1.32 bits per heavy atom. The van der Waals surface area contributed by atoms with Crippen molar-refractivity contribution >= 4 is 24.3 Å². The number of H-pyrrole nitrogens is 1. The van der Waals surface area contributed by atoms with Gasteiger partial charge in [0.15, 0.2) is 11.5 Å². The van der Waals surface area contributed by atoms with Gasteiger partial charge in [-0.3, -0.25) is 9.89 Å². The van der Waals surface area contributed by atoms with E-state index in [1.165, 1.54) is 17.9 Å². The average molecular weight is 357 g/mol. The number of halogens is 1. The first kappa shape index (κ1) is 16.9. The summed E-state index contributed by atoms with van der Waals surface area (Å²) < 4.78 is 6.53. The molecule has 0 saturated carbocycles. The predicted molar refractivity (Wildman–Crippen MR) is 99.1 cm³/mol. The molecule has 3 rings (SSSR count). The lowest BCUT2D eigenvalue weighted by molar-refractivity contribution is 0.373. The number of rotatable bonds is 3. The van der Waals surface area contributed by atoms with Crippen LogP contribution in [0.1, 0.15) is 11.1 Å². The van der Waals surface area contributed by atoms with Crippen LogP contribution in [0, 0.1) is 6.92 Å². The van der Waals surface area contributed by atoms with Crippen LogP contribution >= 0.6 is 11.6 Å². The summed E-state index contributed by atoms with van der Waals surface area (Å²) >= 11 is 6.17. The van der Waals surface area contributed by atoms with Crippen LogP contribution in [0.3, 0.4) is 0 Å². The second-order valence-corrected chi connectivity index (χ2v) is 6.08. The number of methoxy groups -OCH3 is 1. The van der Waals surface area contributed by atoms with E-state index in [0.717, 1.165) is 11.3 Å². The van der Waals surface area contributed by atoms with Gasteiger partial charge < -0.3 is 9.84 Å². The van der Waals surface area contributed by atoms with Gasteiger partial charge in [-0.15, -0.1) is 0 Å². The summed E-state index contributed by atoms with van der Waals surface area (Å²) in [4.78, 5) is 12.8. The zero-order chi connectivity index (χ0) is 18.1. The third-order valence-electron chi connectivity index (χ3n) is 3.86. The van der Waals surface area contributed by atoms with Gasteiger partial charge in [-0.05, 0) is 42.3 Å². The molecule has 5 nitrogen and oxygen atoms in total. The van der Waals surface area contributed by atoms with Gasteiger partial charge in [-0.2, -0.15) is 0 Å². The van der Waals surface area contributed by atoms with Crippen molar-refractivity contribution in [2.45, 2.75) is 6.92 Å². The van der Waals surface area contributed by atoms with Gasteiger partial charge in [-0.25, -0.2) is 4.68 Å². The minimum Gasteiger partial charge on any atom is -0.504 e. The van der Waals surface area contributed by atoms with E-state index >= 15 is 0 Å². The van der Waals surface area contributed by atoms with Crippen molar-refractivity contribution in [3.63, 3.8) is 0 Å². The van der Waals surface area contributed by atoms with Gasteiger partial charge in [0.25, 0.3) is 5.56 Å². The maximum absolute atomic E-state index is 12.8. The molecule has 2 aromatic carbocycles. The molecular weight excluding hydrogens is 340 g/mol. The Bertz CT molecular complexity index is 1110. The molecule has 0 bridgehead atoms. The Morgan fingerprint density at radius 3 is 2.76 bits per heavy atom. The fraction of sp³-hybridized carbons (Fsp3) is 0.105. The monoisotopic (exact) mass is 356 g/mol. The van der Waals surface area contributed by atoms with Crippen LogP contribution < -0.4 is 20.9 Å². The highest BCUT2D eigenvalue weighted by Crippen LogP contribution is 2.32.